The summed E-state index contributed by atoms with van der Waals surface area (Å²) in [6.45, 7) is 2.87. The van der Waals surface area contributed by atoms with Crippen LogP contribution in [0.3, 0.4) is 0 Å². The highest BCUT2D eigenvalue weighted by Crippen LogP contribution is 2.05. The summed E-state index contributed by atoms with van der Waals surface area (Å²) in [5.41, 5.74) is 0. The van der Waals surface area contributed by atoms with Gasteiger partial charge in [0.1, 0.15) is 12.2 Å². The lowest BCUT2D eigenvalue weighted by atomic mass is 10.2. The van der Waals surface area contributed by atoms with Crippen molar-refractivity contribution in [2.45, 2.75) is 32.5 Å². The van der Waals surface area contributed by atoms with E-state index in [0.29, 0.717) is 0 Å². The van der Waals surface area contributed by atoms with Crippen molar-refractivity contribution in [2.75, 3.05) is 0 Å². The van der Waals surface area contributed by atoms with E-state index >= 15 is 0 Å². The van der Waals surface area contributed by atoms with Crippen LogP contribution in [0.5, 0.6) is 0 Å². The smallest absolute Gasteiger partial charge is 0.294 e. The molecule has 0 rings (SSSR count). The molecule has 0 saturated heterocycles. The van der Waals surface area contributed by atoms with Crippen LogP contribution < -0.4 is 0 Å². The number of hydrogen-bond acceptors (Lipinski definition) is 6. The molecule has 0 aliphatic rings. The van der Waals surface area contributed by atoms with Crippen LogP contribution in [0.25, 0.3) is 0 Å². The van der Waals surface area contributed by atoms with Crippen molar-refractivity contribution in [3.05, 3.63) is 20.2 Å². The predicted octanol–water partition coefficient (Wildman–Crippen LogP) is 0.570. The maximum Gasteiger partial charge on any atom is 0.294 e. The minimum absolute atomic E-state index is 0.0853. The maximum absolute atomic E-state index is 9.82. The second kappa shape index (κ2) is 5.12. The quantitative estimate of drug-likeness (QED) is 0.452. The molecule has 0 aliphatic heterocycles. The molecule has 8 heteroatoms. The van der Waals surface area contributed by atoms with Gasteiger partial charge in [-0.05, 0) is 20.3 Å². The molecule has 0 saturated carbocycles. The normalized spacial score (nSPS) is 14.3. The molecule has 0 aromatic rings. The summed E-state index contributed by atoms with van der Waals surface area (Å²) in [5, 5.41) is 17.8. The van der Waals surface area contributed by atoms with Crippen molar-refractivity contribution in [3.63, 3.8) is 0 Å². The van der Waals surface area contributed by atoms with Gasteiger partial charge in [-0.2, -0.15) is 0 Å². The van der Waals surface area contributed by atoms with Crippen LogP contribution in [-0.4, -0.2) is 22.4 Å². The minimum Gasteiger partial charge on any atom is -0.311 e. The molecule has 0 heterocycles. The van der Waals surface area contributed by atoms with Crippen molar-refractivity contribution in [2.24, 2.45) is 0 Å². The molecule has 0 bridgehead atoms. The van der Waals surface area contributed by atoms with E-state index in [-0.39, 0.29) is 6.42 Å². The summed E-state index contributed by atoms with van der Waals surface area (Å²) < 4.78 is 0. The zero-order chi connectivity index (χ0) is 10.4. The number of hydrogen-bond donors (Lipinski definition) is 0. The van der Waals surface area contributed by atoms with Crippen LogP contribution in [0, 0.1) is 20.2 Å². The molecule has 13 heavy (non-hydrogen) atoms. The van der Waals surface area contributed by atoms with E-state index in [0.717, 1.165) is 0 Å². The summed E-state index contributed by atoms with van der Waals surface area (Å²) >= 11 is 0. The Kier molecular flexibility index (Phi) is 4.49. The standard InChI is InChI=1S/C5H10N2O6/c1-4(12-6(8)9)3-5(2)13-7(10)11/h4-5H,3H2,1-2H3/t4-,5+. The Morgan fingerprint density at radius 3 is 1.62 bits per heavy atom. The zero-order valence-electron chi connectivity index (χ0n) is 7.21. The maximum atomic E-state index is 9.82. The van der Waals surface area contributed by atoms with Crippen LogP contribution in [0.2, 0.25) is 0 Å². The first-order valence-electron chi connectivity index (χ1n) is 3.54. The van der Waals surface area contributed by atoms with Gasteiger partial charge in [0.15, 0.2) is 0 Å². The van der Waals surface area contributed by atoms with Gasteiger partial charge < -0.3 is 9.68 Å². The molecule has 2 atom stereocenters. The van der Waals surface area contributed by atoms with Crippen LogP contribution in [0.4, 0.5) is 0 Å². The molecule has 0 N–H and O–H groups in total. The van der Waals surface area contributed by atoms with Crippen molar-refractivity contribution in [3.8, 4) is 0 Å². The molecule has 0 spiro atoms. The molecule has 0 radical (unpaired) electrons. The lowest BCUT2D eigenvalue weighted by molar-refractivity contribution is -0.778. The summed E-state index contributed by atoms with van der Waals surface area (Å²) in [6, 6.07) is 0. The van der Waals surface area contributed by atoms with Crippen molar-refractivity contribution in [1.82, 2.24) is 0 Å². The Labute approximate surface area is 73.6 Å². The summed E-state index contributed by atoms with van der Waals surface area (Å²) in [6.07, 6.45) is -1.35. The van der Waals surface area contributed by atoms with E-state index in [4.69, 9.17) is 0 Å². The Balaban J connectivity index is 3.70. The molecule has 0 aliphatic carbocycles. The Morgan fingerprint density at radius 2 is 1.38 bits per heavy atom. The average molecular weight is 194 g/mol. The molecule has 8 nitrogen and oxygen atoms in total. The summed E-state index contributed by atoms with van der Waals surface area (Å²) in [7, 11) is 0. The van der Waals surface area contributed by atoms with Crippen molar-refractivity contribution < 1.29 is 19.8 Å². The highest BCUT2D eigenvalue weighted by atomic mass is 17.0. The third-order valence-electron chi connectivity index (χ3n) is 1.20. The average Bonchev–Trinajstić information content (AvgIpc) is 1.80. The summed E-state index contributed by atoms with van der Waals surface area (Å²) in [5.74, 6) is 0. The first-order valence-corrected chi connectivity index (χ1v) is 3.54. The molecule has 0 amide bonds. The van der Waals surface area contributed by atoms with E-state index in [1.54, 1.807) is 0 Å². The van der Waals surface area contributed by atoms with Gasteiger partial charge in [-0.15, -0.1) is 20.2 Å². The molecular weight excluding hydrogens is 184 g/mol. The van der Waals surface area contributed by atoms with Crippen LogP contribution in [-0.2, 0) is 9.68 Å². The second-order valence-corrected chi connectivity index (χ2v) is 2.51. The highest BCUT2D eigenvalue weighted by Gasteiger charge is 2.14. The first kappa shape index (κ1) is 11.4. The first-order chi connectivity index (χ1) is 5.91. The number of rotatable bonds is 6. The van der Waals surface area contributed by atoms with Gasteiger partial charge in [0.05, 0.1) is 0 Å². The minimum atomic E-state index is -0.941. The van der Waals surface area contributed by atoms with Gasteiger partial charge in [-0.1, -0.05) is 0 Å². The monoisotopic (exact) mass is 194 g/mol. The fourth-order valence-corrected chi connectivity index (χ4v) is 0.847. The second-order valence-electron chi connectivity index (χ2n) is 2.51. The van der Waals surface area contributed by atoms with Crippen LogP contribution in [0.15, 0.2) is 0 Å². The van der Waals surface area contributed by atoms with Crippen LogP contribution in [0.1, 0.15) is 20.3 Å². The Bertz CT molecular complexity index is 175. The van der Waals surface area contributed by atoms with Crippen LogP contribution >= 0.6 is 0 Å². The lowest BCUT2D eigenvalue weighted by Gasteiger charge is -2.13. The Hall–Kier alpha value is -1.60. The van der Waals surface area contributed by atoms with Gasteiger partial charge in [0, 0.05) is 0 Å². The zero-order valence-corrected chi connectivity index (χ0v) is 7.21. The number of nitrogens with zero attached hydrogens (tertiary/aromatic N) is 2. The van der Waals surface area contributed by atoms with Gasteiger partial charge in [-0.3, -0.25) is 0 Å². The molecule has 0 unspecified atom stereocenters. The molecule has 0 aromatic heterocycles. The van der Waals surface area contributed by atoms with Crippen molar-refractivity contribution >= 4 is 0 Å². The fourth-order valence-electron chi connectivity index (χ4n) is 0.847. The van der Waals surface area contributed by atoms with Gasteiger partial charge in [0.2, 0.25) is 0 Å². The topological polar surface area (TPSA) is 105 Å². The van der Waals surface area contributed by atoms with E-state index in [9.17, 15) is 20.2 Å². The molecule has 0 fully saturated rings. The summed E-state index contributed by atoms with van der Waals surface area (Å²) in [4.78, 5) is 27.9. The SMILES string of the molecule is C[C@H](C[C@H](C)O[N+](=O)[O-])O[N+](=O)[O-]. The molecule has 0 aromatic carbocycles. The van der Waals surface area contributed by atoms with Gasteiger partial charge >= 0.3 is 0 Å². The Morgan fingerprint density at radius 1 is 1.08 bits per heavy atom. The van der Waals surface area contributed by atoms with E-state index in [1.807, 2.05) is 0 Å². The third kappa shape index (κ3) is 6.78. The lowest BCUT2D eigenvalue weighted by Crippen LogP contribution is -2.22. The third-order valence-corrected chi connectivity index (χ3v) is 1.20. The van der Waals surface area contributed by atoms with Gasteiger partial charge in [-0.25, -0.2) is 0 Å². The highest BCUT2D eigenvalue weighted by molar-refractivity contribution is 4.54. The predicted molar refractivity (Wildman–Crippen MR) is 39.7 cm³/mol. The fraction of sp³-hybridized carbons (Fsp3) is 1.00. The van der Waals surface area contributed by atoms with Gasteiger partial charge in [0.25, 0.3) is 10.2 Å². The van der Waals surface area contributed by atoms with Crippen molar-refractivity contribution in [1.29, 1.82) is 0 Å². The van der Waals surface area contributed by atoms with E-state index < -0.39 is 22.4 Å². The molecular formula is C5H10N2O6. The largest absolute Gasteiger partial charge is 0.311 e. The van der Waals surface area contributed by atoms with E-state index in [2.05, 4.69) is 9.68 Å². The molecule has 76 valence electrons. The van der Waals surface area contributed by atoms with E-state index in [1.165, 1.54) is 13.8 Å².